The molecular weight excluding hydrogens is 232 g/mol. The maximum atomic E-state index is 11.6. The topological polar surface area (TPSA) is 67.5 Å². The van der Waals surface area contributed by atoms with Gasteiger partial charge in [-0.15, -0.1) is 0 Å². The number of carbonyl (C=O) groups is 2. The van der Waals surface area contributed by atoms with Gasteiger partial charge in [-0.25, -0.2) is 4.79 Å². The van der Waals surface area contributed by atoms with Crippen molar-refractivity contribution in [3.8, 4) is 11.8 Å². The summed E-state index contributed by atoms with van der Waals surface area (Å²) in [6, 6.07) is 3.01. The van der Waals surface area contributed by atoms with Crippen molar-refractivity contribution in [1.29, 1.82) is 0 Å². The Morgan fingerprint density at radius 2 is 2.22 bits per heavy atom. The Labute approximate surface area is 105 Å². The van der Waals surface area contributed by atoms with Crippen LogP contribution in [0.4, 0.5) is 0 Å². The molecule has 1 heterocycles. The standard InChI is InChI=1S/C14H14O4/c1-2-3-4-5-6-12(15)13-9-7-11(18-13)8-10-14(16)17/h7-10H,2-4H2,1H3,(H,16,17)/b10-8+. The van der Waals surface area contributed by atoms with Crippen molar-refractivity contribution in [2.75, 3.05) is 0 Å². The maximum absolute atomic E-state index is 11.6. The van der Waals surface area contributed by atoms with Crippen LogP contribution in [0.1, 0.15) is 42.5 Å². The minimum Gasteiger partial charge on any atom is -0.478 e. The zero-order chi connectivity index (χ0) is 13.4. The normalized spacial score (nSPS) is 10.1. The lowest BCUT2D eigenvalue weighted by atomic mass is 10.2. The van der Waals surface area contributed by atoms with Gasteiger partial charge >= 0.3 is 5.97 Å². The van der Waals surface area contributed by atoms with Crippen molar-refractivity contribution in [2.24, 2.45) is 0 Å². The third-order valence-corrected chi connectivity index (χ3v) is 2.10. The quantitative estimate of drug-likeness (QED) is 0.285. The zero-order valence-electron chi connectivity index (χ0n) is 10.1. The van der Waals surface area contributed by atoms with E-state index >= 15 is 0 Å². The number of aliphatic carboxylic acids is 1. The Morgan fingerprint density at radius 3 is 2.89 bits per heavy atom. The zero-order valence-corrected chi connectivity index (χ0v) is 10.1. The lowest BCUT2D eigenvalue weighted by Gasteiger charge is -1.87. The highest BCUT2D eigenvalue weighted by Gasteiger charge is 2.07. The number of carboxylic acid groups (broad SMARTS) is 1. The first-order valence-electron chi connectivity index (χ1n) is 5.67. The number of unbranched alkanes of at least 4 members (excludes halogenated alkanes) is 2. The molecular formula is C14H14O4. The first-order valence-corrected chi connectivity index (χ1v) is 5.67. The number of rotatable bonds is 5. The lowest BCUT2D eigenvalue weighted by molar-refractivity contribution is -0.131. The summed E-state index contributed by atoms with van der Waals surface area (Å²) in [5, 5.41) is 8.44. The van der Waals surface area contributed by atoms with Crippen molar-refractivity contribution >= 4 is 17.8 Å². The van der Waals surface area contributed by atoms with Crippen molar-refractivity contribution in [1.82, 2.24) is 0 Å². The van der Waals surface area contributed by atoms with Crippen LogP contribution in [0.15, 0.2) is 22.6 Å². The molecule has 0 amide bonds. The van der Waals surface area contributed by atoms with E-state index in [-0.39, 0.29) is 11.5 Å². The van der Waals surface area contributed by atoms with Gasteiger partial charge < -0.3 is 9.52 Å². The minimum atomic E-state index is -1.07. The molecule has 94 valence electrons. The molecule has 1 aromatic rings. The Morgan fingerprint density at radius 1 is 1.44 bits per heavy atom. The molecule has 0 spiro atoms. The Bertz CT molecular complexity index is 511. The van der Waals surface area contributed by atoms with Crippen molar-refractivity contribution < 1.29 is 19.1 Å². The van der Waals surface area contributed by atoms with Gasteiger partial charge in [-0.2, -0.15) is 0 Å². The van der Waals surface area contributed by atoms with Crippen LogP contribution < -0.4 is 0 Å². The molecule has 0 aromatic carbocycles. The number of Topliss-reactive ketones (excluding diaryl/α,β-unsaturated/α-hetero) is 1. The summed E-state index contributed by atoms with van der Waals surface area (Å²) >= 11 is 0. The molecule has 0 unspecified atom stereocenters. The van der Waals surface area contributed by atoms with Crippen LogP contribution in [0.5, 0.6) is 0 Å². The second-order valence-electron chi connectivity index (χ2n) is 3.61. The number of carboxylic acids is 1. The fourth-order valence-electron chi connectivity index (χ4n) is 1.19. The smallest absolute Gasteiger partial charge is 0.328 e. The minimum absolute atomic E-state index is 0.129. The van der Waals surface area contributed by atoms with Gasteiger partial charge in [0.1, 0.15) is 5.76 Å². The number of carbonyl (C=O) groups excluding carboxylic acids is 1. The van der Waals surface area contributed by atoms with Crippen molar-refractivity contribution in [3.63, 3.8) is 0 Å². The molecule has 4 nitrogen and oxygen atoms in total. The van der Waals surface area contributed by atoms with Gasteiger partial charge in [-0.1, -0.05) is 19.3 Å². The van der Waals surface area contributed by atoms with Gasteiger partial charge in [0.15, 0.2) is 5.76 Å². The highest BCUT2D eigenvalue weighted by atomic mass is 16.4. The van der Waals surface area contributed by atoms with Gasteiger partial charge in [0, 0.05) is 12.5 Å². The molecule has 0 aliphatic heterocycles. The van der Waals surface area contributed by atoms with E-state index in [0.29, 0.717) is 12.2 Å². The van der Waals surface area contributed by atoms with Crippen molar-refractivity contribution in [2.45, 2.75) is 26.2 Å². The summed E-state index contributed by atoms with van der Waals surface area (Å²) in [7, 11) is 0. The van der Waals surface area contributed by atoms with E-state index in [9.17, 15) is 9.59 Å². The Kier molecular flexibility index (Phi) is 5.46. The summed E-state index contributed by atoms with van der Waals surface area (Å²) in [5.41, 5.74) is 0. The third kappa shape index (κ3) is 4.71. The number of hydrogen-bond acceptors (Lipinski definition) is 3. The molecule has 4 heteroatoms. The monoisotopic (exact) mass is 246 g/mol. The number of ketones is 1. The summed E-state index contributed by atoms with van der Waals surface area (Å²) in [5.74, 6) is 4.25. The van der Waals surface area contributed by atoms with Crippen LogP contribution in [0.3, 0.4) is 0 Å². The molecule has 0 aliphatic rings. The highest BCUT2D eigenvalue weighted by molar-refractivity contribution is 6.07. The predicted molar refractivity (Wildman–Crippen MR) is 67.0 cm³/mol. The van der Waals surface area contributed by atoms with Crippen LogP contribution in [0.25, 0.3) is 6.08 Å². The fourth-order valence-corrected chi connectivity index (χ4v) is 1.19. The second-order valence-corrected chi connectivity index (χ2v) is 3.61. The van der Waals surface area contributed by atoms with Crippen LogP contribution in [-0.4, -0.2) is 16.9 Å². The van der Waals surface area contributed by atoms with E-state index in [2.05, 4.69) is 18.8 Å². The summed E-state index contributed by atoms with van der Waals surface area (Å²) < 4.78 is 5.15. The Balaban J connectivity index is 2.64. The Hall–Kier alpha value is -2.28. The number of hydrogen-bond donors (Lipinski definition) is 1. The second kappa shape index (κ2) is 7.13. The first-order chi connectivity index (χ1) is 8.63. The van der Waals surface area contributed by atoms with E-state index in [1.807, 2.05) is 0 Å². The molecule has 1 aromatic heterocycles. The largest absolute Gasteiger partial charge is 0.478 e. The summed E-state index contributed by atoms with van der Waals surface area (Å²) in [6.45, 7) is 2.05. The summed E-state index contributed by atoms with van der Waals surface area (Å²) in [4.78, 5) is 21.8. The van der Waals surface area contributed by atoms with Crippen molar-refractivity contribution in [3.05, 3.63) is 29.7 Å². The average molecular weight is 246 g/mol. The first kappa shape index (κ1) is 13.8. The van der Waals surface area contributed by atoms with Crippen LogP contribution in [0.2, 0.25) is 0 Å². The molecule has 0 radical (unpaired) electrons. The molecule has 0 bridgehead atoms. The van der Waals surface area contributed by atoms with E-state index in [1.165, 1.54) is 18.2 Å². The van der Waals surface area contributed by atoms with E-state index in [1.54, 1.807) is 0 Å². The molecule has 0 fully saturated rings. The number of furan rings is 1. The molecule has 1 rings (SSSR count). The molecule has 1 N–H and O–H groups in total. The predicted octanol–water partition coefficient (Wildman–Crippen LogP) is 2.75. The molecule has 18 heavy (non-hydrogen) atoms. The molecule has 0 atom stereocenters. The van der Waals surface area contributed by atoms with E-state index in [0.717, 1.165) is 18.9 Å². The van der Waals surface area contributed by atoms with E-state index < -0.39 is 5.97 Å². The highest BCUT2D eigenvalue weighted by Crippen LogP contribution is 2.10. The third-order valence-electron chi connectivity index (χ3n) is 2.10. The van der Waals surface area contributed by atoms with Gasteiger partial charge in [0.25, 0.3) is 5.78 Å². The molecule has 0 saturated heterocycles. The SMILES string of the molecule is CCCCC#CC(=O)c1ccc(/C=C/C(=O)O)o1. The maximum Gasteiger partial charge on any atom is 0.328 e. The average Bonchev–Trinajstić information content (AvgIpc) is 2.80. The summed E-state index contributed by atoms with van der Waals surface area (Å²) in [6.07, 6.45) is 4.91. The fraction of sp³-hybridized carbons (Fsp3) is 0.286. The van der Waals surface area contributed by atoms with Gasteiger partial charge in [-0.3, -0.25) is 4.79 Å². The van der Waals surface area contributed by atoms with Gasteiger partial charge in [-0.05, 0) is 30.6 Å². The molecule has 0 saturated carbocycles. The molecule has 0 aliphatic carbocycles. The van der Waals surface area contributed by atoms with E-state index in [4.69, 9.17) is 9.52 Å². The van der Waals surface area contributed by atoms with Crippen LogP contribution in [-0.2, 0) is 4.79 Å². The van der Waals surface area contributed by atoms with Gasteiger partial charge in [0.2, 0.25) is 0 Å². The van der Waals surface area contributed by atoms with Crippen LogP contribution in [0, 0.1) is 11.8 Å². The lowest BCUT2D eigenvalue weighted by Crippen LogP contribution is -1.91. The van der Waals surface area contributed by atoms with Gasteiger partial charge in [0.05, 0.1) is 0 Å². The van der Waals surface area contributed by atoms with Crippen LogP contribution >= 0.6 is 0 Å².